The molecule has 1 saturated heterocycles. The van der Waals surface area contributed by atoms with Crippen molar-refractivity contribution in [3.63, 3.8) is 0 Å². The summed E-state index contributed by atoms with van der Waals surface area (Å²) in [5, 5.41) is 14.5. The fourth-order valence-electron chi connectivity index (χ4n) is 3.82. The molecule has 2 aromatic rings. The molecule has 1 aromatic carbocycles. The maximum Gasteiger partial charge on any atom is 0.100 e. The summed E-state index contributed by atoms with van der Waals surface area (Å²) in [6.07, 6.45) is -0.197. The van der Waals surface area contributed by atoms with E-state index in [0.717, 1.165) is 18.8 Å². The topological polar surface area (TPSA) is 50.5 Å². The van der Waals surface area contributed by atoms with Crippen LogP contribution < -0.4 is 0 Å². The number of rotatable bonds is 5. The van der Waals surface area contributed by atoms with Gasteiger partial charge in [0.15, 0.2) is 0 Å². The van der Waals surface area contributed by atoms with Crippen LogP contribution in [0.25, 0.3) is 0 Å². The van der Waals surface area contributed by atoms with Crippen molar-refractivity contribution in [2.24, 2.45) is 0 Å². The lowest BCUT2D eigenvalue weighted by atomic mass is 9.97. The third-order valence-electron chi connectivity index (χ3n) is 5.10. The lowest BCUT2D eigenvalue weighted by Gasteiger charge is -2.41. The van der Waals surface area contributed by atoms with Crippen LogP contribution in [0.3, 0.4) is 0 Å². The second-order valence-corrected chi connectivity index (χ2v) is 7.11. The molecule has 5 heteroatoms. The van der Waals surface area contributed by atoms with E-state index in [1.54, 1.807) is 0 Å². The molecular weight excluding hydrogens is 314 g/mol. The molecule has 3 rings (SSSR count). The second-order valence-electron chi connectivity index (χ2n) is 7.11. The lowest BCUT2D eigenvalue weighted by molar-refractivity contribution is -0.0961. The Balaban J connectivity index is 1.92. The molecule has 0 bridgehead atoms. The van der Waals surface area contributed by atoms with E-state index in [9.17, 15) is 5.11 Å². The summed E-state index contributed by atoms with van der Waals surface area (Å²) in [5.74, 6) is 0. The van der Waals surface area contributed by atoms with Crippen molar-refractivity contribution in [2.75, 3.05) is 19.8 Å². The van der Waals surface area contributed by atoms with Gasteiger partial charge in [0.2, 0.25) is 0 Å². The Hall–Kier alpha value is -1.69. The van der Waals surface area contributed by atoms with Crippen molar-refractivity contribution in [1.82, 2.24) is 14.7 Å². The molecule has 0 saturated carbocycles. The highest BCUT2D eigenvalue weighted by molar-refractivity contribution is 5.27. The third-order valence-corrected chi connectivity index (χ3v) is 5.10. The van der Waals surface area contributed by atoms with E-state index < -0.39 is 0 Å². The Kier molecular flexibility index (Phi) is 5.57. The molecule has 136 valence electrons. The van der Waals surface area contributed by atoms with Crippen LogP contribution >= 0.6 is 0 Å². The van der Waals surface area contributed by atoms with Gasteiger partial charge < -0.3 is 9.84 Å². The number of morpholine rings is 1. The maximum absolute atomic E-state index is 9.82. The highest BCUT2D eigenvalue weighted by atomic mass is 16.5. The van der Waals surface area contributed by atoms with Crippen LogP contribution in [0.2, 0.25) is 0 Å². The molecule has 0 radical (unpaired) electrons. The molecule has 1 aliphatic heterocycles. The Morgan fingerprint density at radius 2 is 1.96 bits per heavy atom. The molecule has 0 aliphatic carbocycles. The lowest BCUT2D eigenvalue weighted by Crippen LogP contribution is -2.46. The van der Waals surface area contributed by atoms with Gasteiger partial charge in [-0.1, -0.05) is 30.3 Å². The highest BCUT2D eigenvalue weighted by Gasteiger charge is 2.34. The van der Waals surface area contributed by atoms with E-state index in [-0.39, 0.29) is 18.8 Å². The molecule has 2 atom stereocenters. The summed E-state index contributed by atoms with van der Waals surface area (Å²) in [4.78, 5) is 2.42. The SMILES string of the molecule is Cc1nn(C(C)C)c(C)c1CN1CCO[C@H](CO)[C@H]1c1ccccc1. The van der Waals surface area contributed by atoms with Crippen LogP contribution in [0.4, 0.5) is 0 Å². The average Bonchev–Trinajstić information content (AvgIpc) is 2.90. The van der Waals surface area contributed by atoms with Gasteiger partial charge >= 0.3 is 0 Å². The van der Waals surface area contributed by atoms with E-state index in [1.165, 1.54) is 16.8 Å². The number of aliphatic hydroxyl groups excluding tert-OH is 1. The van der Waals surface area contributed by atoms with Gasteiger partial charge in [0.05, 0.1) is 24.9 Å². The first kappa shape index (κ1) is 18.1. The molecule has 0 amide bonds. The van der Waals surface area contributed by atoms with Crippen molar-refractivity contribution in [3.8, 4) is 0 Å². The highest BCUT2D eigenvalue weighted by Crippen LogP contribution is 2.32. The summed E-state index contributed by atoms with van der Waals surface area (Å²) in [5.41, 5.74) is 4.79. The average molecular weight is 343 g/mol. The smallest absolute Gasteiger partial charge is 0.100 e. The monoisotopic (exact) mass is 343 g/mol. The molecule has 0 spiro atoms. The predicted molar refractivity (Wildman–Crippen MR) is 98.5 cm³/mol. The van der Waals surface area contributed by atoms with Crippen molar-refractivity contribution in [2.45, 2.75) is 52.4 Å². The number of hydrogen-bond donors (Lipinski definition) is 1. The van der Waals surface area contributed by atoms with E-state index >= 15 is 0 Å². The first-order valence-electron chi connectivity index (χ1n) is 9.09. The van der Waals surface area contributed by atoms with Crippen LogP contribution in [-0.4, -0.2) is 45.6 Å². The number of hydrogen-bond acceptors (Lipinski definition) is 4. The summed E-state index contributed by atoms with van der Waals surface area (Å²) in [7, 11) is 0. The minimum Gasteiger partial charge on any atom is -0.394 e. The molecule has 1 fully saturated rings. The molecule has 1 aromatic heterocycles. The predicted octanol–water partition coefficient (Wildman–Crippen LogP) is 3.02. The largest absolute Gasteiger partial charge is 0.394 e. The van der Waals surface area contributed by atoms with Gasteiger partial charge in [-0.2, -0.15) is 5.10 Å². The minimum absolute atomic E-state index is 0.0271. The molecule has 25 heavy (non-hydrogen) atoms. The summed E-state index contributed by atoms with van der Waals surface area (Å²) in [6.45, 7) is 10.9. The van der Waals surface area contributed by atoms with Crippen molar-refractivity contribution >= 4 is 0 Å². The van der Waals surface area contributed by atoms with Gasteiger partial charge in [-0.15, -0.1) is 0 Å². The number of ether oxygens (including phenoxy) is 1. The first-order valence-corrected chi connectivity index (χ1v) is 9.09. The number of aromatic nitrogens is 2. The van der Waals surface area contributed by atoms with Gasteiger partial charge in [-0.05, 0) is 33.3 Å². The van der Waals surface area contributed by atoms with Crippen LogP contribution in [0, 0.1) is 13.8 Å². The van der Waals surface area contributed by atoms with E-state index in [1.807, 2.05) is 18.2 Å². The van der Waals surface area contributed by atoms with Crippen LogP contribution in [0.5, 0.6) is 0 Å². The van der Waals surface area contributed by atoms with Crippen LogP contribution in [0.15, 0.2) is 30.3 Å². The fourth-order valence-corrected chi connectivity index (χ4v) is 3.82. The van der Waals surface area contributed by atoms with Gasteiger partial charge in [0, 0.05) is 30.4 Å². The maximum atomic E-state index is 9.82. The fraction of sp³-hybridized carbons (Fsp3) is 0.550. The molecular formula is C20H29N3O2. The van der Waals surface area contributed by atoms with Crippen LogP contribution in [0.1, 0.15) is 48.4 Å². The minimum atomic E-state index is -0.197. The van der Waals surface area contributed by atoms with E-state index in [4.69, 9.17) is 9.84 Å². The van der Waals surface area contributed by atoms with Gasteiger partial charge in [-0.25, -0.2) is 0 Å². The zero-order valence-electron chi connectivity index (χ0n) is 15.6. The number of aliphatic hydroxyl groups is 1. The van der Waals surface area contributed by atoms with Gasteiger partial charge in [0.25, 0.3) is 0 Å². The third kappa shape index (κ3) is 3.64. The Labute approximate surface area is 150 Å². The number of aryl methyl sites for hydroxylation is 1. The Morgan fingerprint density at radius 1 is 1.24 bits per heavy atom. The summed E-state index contributed by atoms with van der Waals surface area (Å²) >= 11 is 0. The summed E-state index contributed by atoms with van der Waals surface area (Å²) < 4.78 is 7.96. The van der Waals surface area contributed by atoms with Crippen molar-refractivity contribution < 1.29 is 9.84 Å². The van der Waals surface area contributed by atoms with Gasteiger partial charge in [0.1, 0.15) is 6.10 Å². The number of benzene rings is 1. The molecule has 1 N–H and O–H groups in total. The second kappa shape index (κ2) is 7.68. The van der Waals surface area contributed by atoms with E-state index in [2.05, 4.69) is 49.4 Å². The standard InChI is InChI=1S/C20H29N3O2/c1-14(2)23-16(4)18(15(3)21-23)12-22-10-11-25-19(13-24)20(22)17-8-6-5-7-9-17/h5-9,14,19-20,24H,10-13H2,1-4H3/t19-,20-/m1/s1. The van der Waals surface area contributed by atoms with Crippen molar-refractivity contribution in [1.29, 1.82) is 0 Å². The quantitative estimate of drug-likeness (QED) is 0.907. The number of nitrogens with zero attached hydrogens (tertiary/aromatic N) is 3. The van der Waals surface area contributed by atoms with E-state index in [0.29, 0.717) is 12.6 Å². The Morgan fingerprint density at radius 3 is 2.56 bits per heavy atom. The first-order chi connectivity index (χ1) is 12.0. The molecule has 1 aliphatic rings. The normalized spacial score (nSPS) is 21.8. The molecule has 0 unspecified atom stereocenters. The summed E-state index contributed by atoms with van der Waals surface area (Å²) in [6, 6.07) is 10.8. The Bertz CT molecular complexity index is 696. The molecule has 2 heterocycles. The zero-order valence-corrected chi connectivity index (χ0v) is 15.6. The van der Waals surface area contributed by atoms with Gasteiger partial charge in [-0.3, -0.25) is 9.58 Å². The molecule has 5 nitrogen and oxygen atoms in total. The van der Waals surface area contributed by atoms with Crippen LogP contribution in [-0.2, 0) is 11.3 Å². The zero-order chi connectivity index (χ0) is 18.0. The van der Waals surface area contributed by atoms with Crippen molar-refractivity contribution in [3.05, 3.63) is 52.8 Å².